The van der Waals surface area contributed by atoms with E-state index in [9.17, 15) is 4.79 Å². The smallest absolute Gasteiger partial charge is 0.193 e. The zero-order valence-corrected chi connectivity index (χ0v) is 10.5. The number of carbonyl (C=O) groups is 1. The highest BCUT2D eigenvalue weighted by Crippen LogP contribution is 2.49. The zero-order valence-electron chi connectivity index (χ0n) is 10.5. The molecule has 2 atom stereocenters. The predicted octanol–water partition coefficient (Wildman–Crippen LogP) is 3.85. The topological polar surface area (TPSA) is 17.1 Å². The summed E-state index contributed by atoms with van der Waals surface area (Å²) in [6.07, 6.45) is 0. The van der Waals surface area contributed by atoms with Gasteiger partial charge < -0.3 is 0 Å². The first-order chi connectivity index (χ1) is 8.68. The SMILES string of the molecule is CC1c2ccc(cc2)C(=O)c2ccc3c1c2C3C. The first-order valence-electron chi connectivity index (χ1n) is 6.50. The Morgan fingerprint density at radius 1 is 0.833 bits per heavy atom. The molecular weight excluding hydrogens is 220 g/mol. The summed E-state index contributed by atoms with van der Waals surface area (Å²) in [5.41, 5.74) is 7.11. The molecule has 2 aromatic carbocycles. The second kappa shape index (κ2) is 3.11. The number of hydrogen-bond acceptors (Lipinski definition) is 1. The zero-order chi connectivity index (χ0) is 12.4. The van der Waals surface area contributed by atoms with Crippen LogP contribution < -0.4 is 0 Å². The van der Waals surface area contributed by atoms with Crippen LogP contribution in [0.15, 0.2) is 36.4 Å². The molecule has 6 bridgehead atoms. The third kappa shape index (κ3) is 1.01. The van der Waals surface area contributed by atoms with Crippen LogP contribution >= 0.6 is 0 Å². The minimum Gasteiger partial charge on any atom is -0.289 e. The molecule has 2 aromatic rings. The van der Waals surface area contributed by atoms with Gasteiger partial charge in [-0.25, -0.2) is 0 Å². The van der Waals surface area contributed by atoms with Gasteiger partial charge in [0.05, 0.1) is 0 Å². The van der Waals surface area contributed by atoms with Crippen molar-refractivity contribution >= 4 is 5.78 Å². The molecule has 1 nitrogen and oxygen atoms in total. The molecule has 0 radical (unpaired) electrons. The second-order valence-corrected chi connectivity index (χ2v) is 5.42. The molecule has 6 rings (SSSR count). The van der Waals surface area contributed by atoms with Crippen LogP contribution in [0, 0.1) is 0 Å². The van der Waals surface area contributed by atoms with Crippen molar-refractivity contribution in [2.45, 2.75) is 25.7 Å². The van der Waals surface area contributed by atoms with Crippen LogP contribution in [-0.4, -0.2) is 5.78 Å². The molecule has 0 N–H and O–H groups in total. The van der Waals surface area contributed by atoms with Crippen molar-refractivity contribution in [1.29, 1.82) is 0 Å². The van der Waals surface area contributed by atoms with Gasteiger partial charge in [0.1, 0.15) is 0 Å². The Kier molecular flexibility index (Phi) is 1.74. The summed E-state index contributed by atoms with van der Waals surface area (Å²) >= 11 is 0. The predicted molar refractivity (Wildman–Crippen MR) is 71.4 cm³/mol. The van der Waals surface area contributed by atoms with Crippen molar-refractivity contribution in [1.82, 2.24) is 0 Å². The summed E-state index contributed by atoms with van der Waals surface area (Å²) in [4.78, 5) is 12.5. The number of rotatable bonds is 0. The molecule has 0 fully saturated rings. The Labute approximate surface area is 106 Å². The maximum atomic E-state index is 12.5. The summed E-state index contributed by atoms with van der Waals surface area (Å²) < 4.78 is 0. The molecule has 0 aromatic heterocycles. The minimum absolute atomic E-state index is 0.171. The van der Waals surface area contributed by atoms with E-state index in [-0.39, 0.29) is 5.78 Å². The van der Waals surface area contributed by atoms with Gasteiger partial charge in [-0.05, 0) is 22.3 Å². The van der Waals surface area contributed by atoms with Crippen molar-refractivity contribution in [3.63, 3.8) is 0 Å². The summed E-state index contributed by atoms with van der Waals surface area (Å²) in [6.45, 7) is 4.44. The van der Waals surface area contributed by atoms with Crippen molar-refractivity contribution in [3.05, 3.63) is 69.8 Å². The number of hydrogen-bond donors (Lipinski definition) is 0. The Balaban J connectivity index is 2.11. The van der Waals surface area contributed by atoms with Gasteiger partial charge in [0.25, 0.3) is 0 Å². The van der Waals surface area contributed by atoms with E-state index in [1.807, 2.05) is 18.2 Å². The monoisotopic (exact) mass is 234 g/mol. The largest absolute Gasteiger partial charge is 0.289 e. The third-order valence-corrected chi connectivity index (χ3v) is 4.57. The van der Waals surface area contributed by atoms with Gasteiger partial charge in [-0.2, -0.15) is 0 Å². The fourth-order valence-electron chi connectivity index (χ4n) is 3.50. The van der Waals surface area contributed by atoms with E-state index in [1.165, 1.54) is 22.3 Å². The van der Waals surface area contributed by atoms with Gasteiger partial charge in [0.15, 0.2) is 5.78 Å². The lowest BCUT2D eigenvalue weighted by molar-refractivity contribution is 0.103. The molecule has 0 amide bonds. The highest BCUT2D eigenvalue weighted by atomic mass is 16.1. The van der Waals surface area contributed by atoms with E-state index in [2.05, 4.69) is 32.0 Å². The molecule has 88 valence electrons. The average Bonchev–Trinajstić information content (AvgIpc) is 2.46. The van der Waals surface area contributed by atoms with E-state index in [0.717, 1.165) is 11.1 Å². The van der Waals surface area contributed by atoms with Gasteiger partial charge >= 0.3 is 0 Å². The number of fused-ring (bicyclic) bond motifs is 3. The summed E-state index contributed by atoms with van der Waals surface area (Å²) in [6, 6.07) is 12.3. The molecule has 0 saturated carbocycles. The first kappa shape index (κ1) is 10.1. The van der Waals surface area contributed by atoms with Gasteiger partial charge in [-0.15, -0.1) is 0 Å². The Morgan fingerprint density at radius 3 is 2.22 bits per heavy atom. The Morgan fingerprint density at radius 2 is 1.56 bits per heavy atom. The summed E-state index contributed by atoms with van der Waals surface area (Å²) in [5, 5.41) is 0. The highest BCUT2D eigenvalue weighted by molar-refractivity contribution is 6.11. The molecule has 18 heavy (non-hydrogen) atoms. The van der Waals surface area contributed by atoms with Crippen LogP contribution in [-0.2, 0) is 0 Å². The average molecular weight is 234 g/mol. The van der Waals surface area contributed by atoms with Gasteiger partial charge in [0, 0.05) is 23.0 Å². The lowest BCUT2D eigenvalue weighted by Gasteiger charge is -2.36. The second-order valence-electron chi connectivity index (χ2n) is 5.42. The van der Waals surface area contributed by atoms with Crippen LogP contribution in [0.1, 0.15) is 63.9 Å². The van der Waals surface area contributed by atoms with Gasteiger partial charge in [-0.1, -0.05) is 50.2 Å². The third-order valence-electron chi connectivity index (χ3n) is 4.57. The van der Waals surface area contributed by atoms with Crippen LogP contribution in [0.25, 0.3) is 0 Å². The van der Waals surface area contributed by atoms with Crippen LogP contribution in [0.3, 0.4) is 0 Å². The van der Waals surface area contributed by atoms with Gasteiger partial charge in [-0.3, -0.25) is 4.79 Å². The summed E-state index contributed by atoms with van der Waals surface area (Å²) in [7, 11) is 0. The molecule has 0 aliphatic heterocycles. The number of ketones is 1. The minimum atomic E-state index is 0.171. The Hall–Kier alpha value is -1.89. The first-order valence-corrected chi connectivity index (χ1v) is 6.50. The standard InChI is InChI=1S/C17H14O/c1-9-11-3-5-12(6-4-11)17(18)14-8-7-13-10(2)16(14)15(9)13/h3-10H,1-2H3. The van der Waals surface area contributed by atoms with Crippen LogP contribution in [0.4, 0.5) is 0 Å². The Bertz CT molecular complexity index is 680. The highest BCUT2D eigenvalue weighted by Gasteiger charge is 2.36. The molecule has 4 aliphatic rings. The molecule has 0 heterocycles. The summed E-state index contributed by atoms with van der Waals surface area (Å²) in [5.74, 6) is 1.00. The van der Waals surface area contributed by atoms with Crippen molar-refractivity contribution in [2.75, 3.05) is 0 Å². The van der Waals surface area contributed by atoms with Crippen molar-refractivity contribution in [3.8, 4) is 0 Å². The van der Waals surface area contributed by atoms with Crippen LogP contribution in [0.5, 0.6) is 0 Å². The number of benzene rings is 2. The van der Waals surface area contributed by atoms with Gasteiger partial charge in [0.2, 0.25) is 0 Å². The number of carbonyl (C=O) groups excluding carboxylic acids is 1. The van der Waals surface area contributed by atoms with Crippen LogP contribution in [0.2, 0.25) is 0 Å². The normalized spacial score (nSPS) is 23.1. The van der Waals surface area contributed by atoms with E-state index < -0.39 is 0 Å². The lowest BCUT2D eigenvalue weighted by atomic mass is 9.67. The molecular formula is C17H14O. The van der Waals surface area contributed by atoms with E-state index >= 15 is 0 Å². The fourth-order valence-corrected chi connectivity index (χ4v) is 3.50. The fraction of sp³-hybridized carbons (Fsp3) is 0.235. The maximum Gasteiger partial charge on any atom is 0.193 e. The van der Waals surface area contributed by atoms with Crippen molar-refractivity contribution in [2.24, 2.45) is 0 Å². The lowest BCUT2D eigenvalue weighted by Crippen LogP contribution is -2.22. The van der Waals surface area contributed by atoms with Crippen molar-refractivity contribution < 1.29 is 4.79 Å². The molecule has 1 heteroatoms. The molecule has 2 unspecified atom stereocenters. The molecule has 0 saturated heterocycles. The quantitative estimate of drug-likeness (QED) is 0.676. The molecule has 0 spiro atoms. The van der Waals surface area contributed by atoms with E-state index in [1.54, 1.807) is 0 Å². The van der Waals surface area contributed by atoms with E-state index in [4.69, 9.17) is 0 Å². The van der Waals surface area contributed by atoms with E-state index in [0.29, 0.717) is 11.8 Å². The molecule has 4 aliphatic carbocycles. The maximum absolute atomic E-state index is 12.5.